The predicted molar refractivity (Wildman–Crippen MR) is 263 cm³/mol. The van der Waals surface area contributed by atoms with Gasteiger partial charge < -0.3 is 4.90 Å². The molecule has 0 radical (unpaired) electrons. The van der Waals surface area contributed by atoms with Crippen LogP contribution in [0.5, 0.6) is 0 Å². The van der Waals surface area contributed by atoms with Gasteiger partial charge in [0.05, 0.1) is 11.1 Å². The lowest BCUT2D eigenvalue weighted by atomic mass is 9.70. The van der Waals surface area contributed by atoms with Crippen molar-refractivity contribution in [3.05, 3.63) is 258 Å². The largest absolute Gasteiger partial charge is 0.310 e. The van der Waals surface area contributed by atoms with Gasteiger partial charge in [0, 0.05) is 22.2 Å². The molecule has 3 aliphatic rings. The molecule has 1 nitrogen and oxygen atoms in total. The number of hydrogen-bond donors (Lipinski definition) is 0. The summed E-state index contributed by atoms with van der Waals surface area (Å²) in [6, 6.07) is 83.9. The molecular weight excluding hydrogens is 759 g/mol. The molecule has 10 aromatic rings. The molecule has 0 aliphatic heterocycles. The van der Waals surface area contributed by atoms with E-state index in [1.807, 2.05) is 0 Å². The van der Waals surface area contributed by atoms with Crippen molar-refractivity contribution in [1.82, 2.24) is 0 Å². The molecule has 0 heterocycles. The van der Waals surface area contributed by atoms with Crippen LogP contribution in [0.2, 0.25) is 0 Å². The SMILES string of the molecule is CC1(C)c2ccccc2-c2ccc(N(c3ccc(-c4ccccc4)cc3)c3cccc4c(-c5ccc6c(c5)C5(c7ccccc7-c7ccccc75)c5ccccc5-6)cccc34)cc21. The van der Waals surface area contributed by atoms with Crippen molar-refractivity contribution in [3.8, 4) is 55.6 Å². The summed E-state index contributed by atoms with van der Waals surface area (Å²) in [5.41, 5.74) is 23.9. The van der Waals surface area contributed by atoms with Gasteiger partial charge in [-0.15, -0.1) is 0 Å². The van der Waals surface area contributed by atoms with Crippen LogP contribution >= 0.6 is 0 Å². The summed E-state index contributed by atoms with van der Waals surface area (Å²) in [5, 5.41) is 2.44. The maximum Gasteiger partial charge on any atom is 0.0725 e. The molecule has 0 saturated carbocycles. The Morgan fingerprint density at radius 3 is 1.41 bits per heavy atom. The highest BCUT2D eigenvalue weighted by Gasteiger charge is 2.51. The van der Waals surface area contributed by atoms with E-state index in [1.54, 1.807) is 0 Å². The third-order valence-corrected chi connectivity index (χ3v) is 14.5. The summed E-state index contributed by atoms with van der Waals surface area (Å²) in [4.78, 5) is 2.47. The second kappa shape index (κ2) is 13.4. The van der Waals surface area contributed by atoms with Gasteiger partial charge in [-0.05, 0) is 131 Å². The number of anilines is 3. The van der Waals surface area contributed by atoms with Gasteiger partial charge in [0.1, 0.15) is 0 Å². The summed E-state index contributed by atoms with van der Waals surface area (Å²) in [5.74, 6) is 0. The van der Waals surface area contributed by atoms with Gasteiger partial charge in [0.25, 0.3) is 0 Å². The molecule has 0 unspecified atom stereocenters. The molecule has 1 spiro atoms. The van der Waals surface area contributed by atoms with Gasteiger partial charge in [0.15, 0.2) is 0 Å². The van der Waals surface area contributed by atoms with Crippen LogP contribution in [0.15, 0.2) is 224 Å². The first-order valence-corrected chi connectivity index (χ1v) is 22.2. The minimum Gasteiger partial charge on any atom is -0.310 e. The molecule has 10 aromatic carbocycles. The van der Waals surface area contributed by atoms with E-state index in [4.69, 9.17) is 0 Å². The highest BCUT2D eigenvalue weighted by molar-refractivity contribution is 6.07. The molecule has 0 N–H and O–H groups in total. The molecule has 0 amide bonds. The normalized spacial score (nSPS) is 14.1. The van der Waals surface area contributed by atoms with Crippen molar-refractivity contribution in [1.29, 1.82) is 0 Å². The van der Waals surface area contributed by atoms with E-state index < -0.39 is 5.41 Å². The smallest absolute Gasteiger partial charge is 0.0725 e. The Morgan fingerprint density at radius 1 is 0.286 bits per heavy atom. The van der Waals surface area contributed by atoms with Crippen LogP contribution in [0.25, 0.3) is 66.4 Å². The summed E-state index contributed by atoms with van der Waals surface area (Å²) in [6.07, 6.45) is 0. The Kier molecular flexibility index (Phi) is 7.64. The summed E-state index contributed by atoms with van der Waals surface area (Å²) < 4.78 is 0. The van der Waals surface area contributed by atoms with Gasteiger partial charge in [0.2, 0.25) is 0 Å². The third kappa shape index (κ3) is 4.99. The van der Waals surface area contributed by atoms with E-state index in [0.29, 0.717) is 0 Å². The molecular formula is C62H43N. The van der Waals surface area contributed by atoms with Gasteiger partial charge >= 0.3 is 0 Å². The second-order valence-corrected chi connectivity index (χ2v) is 18.0. The van der Waals surface area contributed by atoms with Crippen LogP contribution in [0, 0.1) is 0 Å². The highest BCUT2D eigenvalue weighted by atomic mass is 15.1. The Balaban J connectivity index is 1.00. The fourth-order valence-corrected chi connectivity index (χ4v) is 11.7. The van der Waals surface area contributed by atoms with Crippen molar-refractivity contribution in [2.75, 3.05) is 4.90 Å². The maximum absolute atomic E-state index is 2.51. The van der Waals surface area contributed by atoms with E-state index in [1.165, 1.54) is 99.8 Å². The molecule has 0 saturated heterocycles. The fraction of sp³-hybridized carbons (Fsp3) is 0.0645. The first-order valence-electron chi connectivity index (χ1n) is 22.2. The first kappa shape index (κ1) is 36.0. The van der Waals surface area contributed by atoms with E-state index in [-0.39, 0.29) is 5.41 Å². The Morgan fingerprint density at radius 2 is 0.746 bits per heavy atom. The molecule has 63 heavy (non-hydrogen) atoms. The van der Waals surface area contributed by atoms with Crippen LogP contribution in [-0.2, 0) is 10.8 Å². The van der Waals surface area contributed by atoms with Gasteiger partial charge in [-0.2, -0.15) is 0 Å². The van der Waals surface area contributed by atoms with Crippen LogP contribution < -0.4 is 4.90 Å². The predicted octanol–water partition coefficient (Wildman–Crippen LogP) is 16.3. The number of rotatable bonds is 5. The molecule has 0 atom stereocenters. The van der Waals surface area contributed by atoms with E-state index >= 15 is 0 Å². The van der Waals surface area contributed by atoms with Crippen molar-refractivity contribution in [2.45, 2.75) is 24.7 Å². The molecule has 13 rings (SSSR count). The van der Waals surface area contributed by atoms with Crippen molar-refractivity contribution in [3.63, 3.8) is 0 Å². The lowest BCUT2D eigenvalue weighted by Gasteiger charge is -2.31. The topological polar surface area (TPSA) is 3.24 Å². The summed E-state index contributed by atoms with van der Waals surface area (Å²) >= 11 is 0. The zero-order valence-corrected chi connectivity index (χ0v) is 35.3. The van der Waals surface area contributed by atoms with Crippen molar-refractivity contribution in [2.24, 2.45) is 0 Å². The number of nitrogens with zero attached hydrogens (tertiary/aromatic N) is 1. The second-order valence-electron chi connectivity index (χ2n) is 18.0. The summed E-state index contributed by atoms with van der Waals surface area (Å²) in [7, 11) is 0. The van der Waals surface area contributed by atoms with Crippen molar-refractivity contribution >= 4 is 27.8 Å². The monoisotopic (exact) mass is 801 g/mol. The van der Waals surface area contributed by atoms with Crippen LogP contribution in [-0.4, -0.2) is 0 Å². The quantitative estimate of drug-likeness (QED) is 0.168. The van der Waals surface area contributed by atoms with Crippen LogP contribution in [0.3, 0.4) is 0 Å². The van der Waals surface area contributed by atoms with E-state index in [2.05, 4.69) is 243 Å². The zero-order chi connectivity index (χ0) is 41.9. The average molecular weight is 802 g/mol. The van der Waals surface area contributed by atoms with Gasteiger partial charge in [-0.1, -0.05) is 202 Å². The van der Waals surface area contributed by atoms with E-state index in [9.17, 15) is 0 Å². The Labute approximate surface area is 369 Å². The third-order valence-electron chi connectivity index (χ3n) is 14.5. The van der Waals surface area contributed by atoms with Crippen LogP contribution in [0.1, 0.15) is 47.2 Å². The molecule has 1 heteroatoms. The van der Waals surface area contributed by atoms with Gasteiger partial charge in [-0.3, -0.25) is 0 Å². The first-order chi connectivity index (χ1) is 31.0. The number of benzene rings is 10. The minimum absolute atomic E-state index is 0.123. The zero-order valence-electron chi connectivity index (χ0n) is 35.3. The lowest BCUT2D eigenvalue weighted by Crippen LogP contribution is -2.25. The van der Waals surface area contributed by atoms with Gasteiger partial charge in [-0.25, -0.2) is 0 Å². The standard InChI is InChI=1S/C62H43N/c1-61(2)54-25-10-6-18-47(54)51-37-35-44(39-58(51)61)63(43-33-30-41(31-34-43)40-16-4-3-5-17-40)60-29-15-23-46-45(22-14-24-53(46)60)42-32-36-52-50-21-9-13-28-57(50)62(59(52)38-42)55-26-11-7-19-48(55)49-20-8-12-27-56(49)62/h3-39H,1-2H3. The highest BCUT2D eigenvalue weighted by Crippen LogP contribution is 2.63. The average Bonchev–Trinajstić information content (AvgIpc) is 3.90. The molecule has 296 valence electrons. The molecule has 0 bridgehead atoms. The Hall–Kier alpha value is -7.74. The minimum atomic E-state index is -0.394. The molecule has 3 aliphatic carbocycles. The summed E-state index contributed by atoms with van der Waals surface area (Å²) in [6.45, 7) is 4.74. The Bertz CT molecular complexity index is 3420. The maximum atomic E-state index is 2.51. The number of hydrogen-bond acceptors (Lipinski definition) is 1. The molecule has 0 fully saturated rings. The molecule has 0 aromatic heterocycles. The van der Waals surface area contributed by atoms with Crippen molar-refractivity contribution < 1.29 is 0 Å². The van der Waals surface area contributed by atoms with E-state index in [0.717, 1.165) is 17.1 Å². The number of fused-ring (bicyclic) bond motifs is 14. The lowest BCUT2D eigenvalue weighted by molar-refractivity contribution is 0.660. The fourth-order valence-electron chi connectivity index (χ4n) is 11.7. The van der Waals surface area contributed by atoms with Crippen LogP contribution in [0.4, 0.5) is 17.1 Å².